The van der Waals surface area contributed by atoms with Crippen LogP contribution in [0.15, 0.2) is 54.3 Å². The van der Waals surface area contributed by atoms with Crippen LogP contribution in [-0.2, 0) is 0 Å². The van der Waals surface area contributed by atoms with Crippen LogP contribution in [0.25, 0.3) is 6.08 Å². The largest absolute Gasteiger partial charge is 0.452 e. The fourth-order valence-electron chi connectivity index (χ4n) is 1.87. The number of carbonyl (C=O) groups excluding carboxylic acids is 1. The molecule has 0 aromatic heterocycles. The van der Waals surface area contributed by atoms with Crippen LogP contribution in [0.1, 0.15) is 15.9 Å². The van der Waals surface area contributed by atoms with Crippen molar-refractivity contribution in [3.8, 4) is 5.75 Å². The lowest BCUT2D eigenvalue weighted by molar-refractivity contribution is 0.101. The minimum absolute atomic E-state index is 0.154. The van der Waals surface area contributed by atoms with Crippen molar-refractivity contribution < 1.29 is 13.9 Å². The van der Waals surface area contributed by atoms with Gasteiger partial charge in [-0.3, -0.25) is 4.79 Å². The molecule has 0 N–H and O–H groups in total. The molecule has 1 aliphatic heterocycles. The normalized spacial score (nSPS) is 15.6. The van der Waals surface area contributed by atoms with Crippen LogP contribution < -0.4 is 4.74 Å². The lowest BCUT2D eigenvalue weighted by Crippen LogP contribution is -1.98. The minimum atomic E-state index is -0.377. The van der Waals surface area contributed by atoms with Gasteiger partial charge in [0.15, 0.2) is 5.76 Å². The van der Waals surface area contributed by atoms with Crippen LogP contribution in [0.2, 0.25) is 0 Å². The quantitative estimate of drug-likeness (QED) is 0.714. The lowest BCUT2D eigenvalue weighted by Gasteiger charge is -1.99. The van der Waals surface area contributed by atoms with Crippen molar-refractivity contribution >= 4 is 11.9 Å². The third kappa shape index (κ3) is 1.70. The van der Waals surface area contributed by atoms with E-state index in [-0.39, 0.29) is 17.4 Å². The van der Waals surface area contributed by atoms with Crippen molar-refractivity contribution in [1.82, 2.24) is 0 Å². The van der Waals surface area contributed by atoms with Crippen molar-refractivity contribution in [1.29, 1.82) is 0 Å². The highest BCUT2D eigenvalue weighted by molar-refractivity contribution is 6.14. The predicted octanol–water partition coefficient (Wildman–Crippen LogP) is 3.44. The zero-order chi connectivity index (χ0) is 12.5. The molecule has 0 unspecified atom stereocenters. The standard InChI is InChI=1S/C15H9FO2/c16-12-7-3-1-5-10(12)9-14-15(17)11-6-2-4-8-13(11)18-14/h1-9H/b14-9-. The molecule has 0 fully saturated rings. The zero-order valence-corrected chi connectivity index (χ0v) is 9.39. The SMILES string of the molecule is O=C1/C(=C/c2ccccc2F)Oc2ccccc21. The van der Waals surface area contributed by atoms with Gasteiger partial charge < -0.3 is 4.74 Å². The summed E-state index contributed by atoms with van der Waals surface area (Å²) in [5.41, 5.74) is 0.855. The molecular formula is C15H9FO2. The van der Waals surface area contributed by atoms with Crippen molar-refractivity contribution in [2.75, 3.05) is 0 Å². The van der Waals surface area contributed by atoms with Gasteiger partial charge in [-0.05, 0) is 24.3 Å². The van der Waals surface area contributed by atoms with E-state index < -0.39 is 0 Å². The summed E-state index contributed by atoms with van der Waals surface area (Å²) in [5.74, 6) is 0.0811. The number of allylic oxidation sites excluding steroid dienone is 1. The molecule has 1 heterocycles. The Bertz CT molecular complexity index is 659. The van der Waals surface area contributed by atoms with Gasteiger partial charge in [0, 0.05) is 5.56 Å². The second kappa shape index (κ2) is 4.11. The van der Waals surface area contributed by atoms with Crippen LogP contribution in [0.5, 0.6) is 5.75 Å². The number of carbonyl (C=O) groups is 1. The Hall–Kier alpha value is -2.42. The van der Waals surface area contributed by atoms with Crippen LogP contribution in [0.3, 0.4) is 0 Å². The molecule has 3 heteroatoms. The maximum Gasteiger partial charge on any atom is 0.231 e. The Balaban J connectivity index is 2.02. The highest BCUT2D eigenvalue weighted by atomic mass is 19.1. The average molecular weight is 240 g/mol. The Kier molecular flexibility index (Phi) is 2.45. The molecule has 88 valence electrons. The monoisotopic (exact) mass is 240 g/mol. The van der Waals surface area contributed by atoms with Gasteiger partial charge in [-0.2, -0.15) is 0 Å². The molecule has 0 saturated heterocycles. The van der Waals surface area contributed by atoms with E-state index in [1.807, 2.05) is 0 Å². The molecule has 0 amide bonds. The van der Waals surface area contributed by atoms with Gasteiger partial charge in [-0.15, -0.1) is 0 Å². The number of ketones is 1. The first-order valence-corrected chi connectivity index (χ1v) is 5.53. The first-order chi connectivity index (χ1) is 8.75. The highest BCUT2D eigenvalue weighted by Gasteiger charge is 2.26. The molecule has 0 bridgehead atoms. The number of para-hydroxylation sites is 1. The van der Waals surface area contributed by atoms with Gasteiger partial charge in [0.25, 0.3) is 0 Å². The average Bonchev–Trinajstić information content (AvgIpc) is 2.70. The smallest absolute Gasteiger partial charge is 0.231 e. The molecule has 0 spiro atoms. The van der Waals surface area contributed by atoms with Gasteiger partial charge >= 0.3 is 0 Å². The van der Waals surface area contributed by atoms with Gasteiger partial charge in [0.05, 0.1) is 5.56 Å². The zero-order valence-electron chi connectivity index (χ0n) is 9.39. The second-order valence-electron chi connectivity index (χ2n) is 3.96. The molecule has 3 rings (SSSR count). The maximum atomic E-state index is 13.5. The summed E-state index contributed by atoms with van der Waals surface area (Å²) in [7, 11) is 0. The van der Waals surface area contributed by atoms with Crippen molar-refractivity contribution in [3.05, 3.63) is 71.2 Å². The Morgan fingerprint density at radius 2 is 1.72 bits per heavy atom. The Morgan fingerprint density at radius 1 is 1.00 bits per heavy atom. The van der Waals surface area contributed by atoms with E-state index in [1.54, 1.807) is 42.5 Å². The number of Topliss-reactive ketones (excluding diaryl/α,β-unsaturated/α-hetero) is 1. The number of ether oxygens (including phenoxy) is 1. The lowest BCUT2D eigenvalue weighted by atomic mass is 10.1. The Morgan fingerprint density at radius 3 is 2.50 bits per heavy atom. The summed E-state index contributed by atoms with van der Waals surface area (Å²) in [6.45, 7) is 0. The topological polar surface area (TPSA) is 26.3 Å². The Labute approximate surface area is 103 Å². The number of fused-ring (bicyclic) bond motifs is 1. The summed E-state index contributed by atoms with van der Waals surface area (Å²) in [4.78, 5) is 12.0. The number of hydrogen-bond donors (Lipinski definition) is 0. The summed E-state index contributed by atoms with van der Waals surface area (Å²) >= 11 is 0. The van der Waals surface area contributed by atoms with E-state index in [9.17, 15) is 9.18 Å². The first-order valence-electron chi connectivity index (χ1n) is 5.53. The molecule has 1 aliphatic rings. The van der Waals surface area contributed by atoms with Crippen LogP contribution in [-0.4, -0.2) is 5.78 Å². The fourth-order valence-corrected chi connectivity index (χ4v) is 1.87. The molecule has 18 heavy (non-hydrogen) atoms. The number of hydrogen-bond acceptors (Lipinski definition) is 2. The summed E-state index contributed by atoms with van der Waals surface area (Å²) in [6.07, 6.45) is 1.43. The van der Waals surface area contributed by atoms with Crippen LogP contribution in [0, 0.1) is 5.82 Å². The predicted molar refractivity (Wildman–Crippen MR) is 65.8 cm³/mol. The van der Waals surface area contributed by atoms with E-state index in [1.165, 1.54) is 12.1 Å². The van der Waals surface area contributed by atoms with Crippen molar-refractivity contribution in [2.45, 2.75) is 0 Å². The van der Waals surface area contributed by atoms with E-state index in [2.05, 4.69) is 0 Å². The third-order valence-electron chi connectivity index (χ3n) is 2.77. The van der Waals surface area contributed by atoms with Gasteiger partial charge in [0.1, 0.15) is 11.6 Å². The highest BCUT2D eigenvalue weighted by Crippen LogP contribution is 2.31. The molecule has 0 radical (unpaired) electrons. The van der Waals surface area contributed by atoms with E-state index in [0.717, 1.165) is 0 Å². The van der Waals surface area contributed by atoms with E-state index >= 15 is 0 Å². The third-order valence-corrected chi connectivity index (χ3v) is 2.77. The molecule has 2 aromatic rings. The summed E-state index contributed by atoms with van der Waals surface area (Å²) < 4.78 is 18.9. The fraction of sp³-hybridized carbons (Fsp3) is 0. The maximum absolute atomic E-state index is 13.5. The molecule has 0 aliphatic carbocycles. The van der Waals surface area contributed by atoms with Crippen LogP contribution in [0.4, 0.5) is 4.39 Å². The number of halogens is 1. The van der Waals surface area contributed by atoms with Crippen molar-refractivity contribution in [2.24, 2.45) is 0 Å². The van der Waals surface area contributed by atoms with Crippen molar-refractivity contribution in [3.63, 3.8) is 0 Å². The molecular weight excluding hydrogens is 231 g/mol. The number of benzene rings is 2. The molecule has 0 atom stereocenters. The van der Waals surface area contributed by atoms with Gasteiger partial charge in [-0.25, -0.2) is 4.39 Å². The molecule has 2 aromatic carbocycles. The second-order valence-corrected chi connectivity index (χ2v) is 3.96. The minimum Gasteiger partial charge on any atom is -0.452 e. The van der Waals surface area contributed by atoms with Crippen LogP contribution >= 0.6 is 0 Å². The first kappa shape index (κ1) is 10.7. The summed E-state index contributed by atoms with van der Waals surface area (Å²) in [6, 6.07) is 13.2. The molecule has 0 saturated carbocycles. The molecule has 2 nitrogen and oxygen atoms in total. The number of rotatable bonds is 1. The van der Waals surface area contributed by atoms with E-state index in [0.29, 0.717) is 16.9 Å². The summed E-state index contributed by atoms with van der Waals surface area (Å²) in [5, 5.41) is 0. The van der Waals surface area contributed by atoms with Gasteiger partial charge in [0.2, 0.25) is 5.78 Å². The van der Waals surface area contributed by atoms with Gasteiger partial charge in [-0.1, -0.05) is 30.3 Å². The van der Waals surface area contributed by atoms with E-state index in [4.69, 9.17) is 4.74 Å².